The van der Waals surface area contributed by atoms with Gasteiger partial charge in [-0.2, -0.15) is 0 Å². The van der Waals surface area contributed by atoms with Crippen LogP contribution < -0.4 is 0 Å². The molecule has 0 aromatic heterocycles. The van der Waals surface area contributed by atoms with Crippen molar-refractivity contribution < 1.29 is 9.59 Å². The third-order valence-electron chi connectivity index (χ3n) is 1.78. The molecule has 0 bridgehead atoms. The van der Waals surface area contributed by atoms with E-state index in [0.717, 1.165) is 38.6 Å². The molecule has 0 radical (unpaired) electrons. The summed E-state index contributed by atoms with van der Waals surface area (Å²) in [6.45, 7) is 1.38. The number of amides is 1. The second-order valence-electron chi connectivity index (χ2n) is 2.97. The van der Waals surface area contributed by atoms with Gasteiger partial charge in [-0.3, -0.25) is 4.79 Å². The molecule has 13 heavy (non-hydrogen) atoms. The highest BCUT2D eigenvalue weighted by molar-refractivity contribution is 5.46. The molecule has 0 aliphatic carbocycles. The quantitative estimate of drug-likeness (QED) is 0.244. The third kappa shape index (κ3) is 8.76. The van der Waals surface area contributed by atoms with E-state index in [1.54, 1.807) is 11.9 Å². The predicted octanol–water partition coefficient (Wildman–Crippen LogP) is 0.971. The SMILES string of the molecule is CN(C=O)CCCCCCN=C=O. The molecule has 4 heteroatoms. The summed E-state index contributed by atoms with van der Waals surface area (Å²) >= 11 is 0. The Hall–Kier alpha value is -1.15. The summed E-state index contributed by atoms with van der Waals surface area (Å²) < 4.78 is 0. The maximum Gasteiger partial charge on any atom is 0.234 e. The fourth-order valence-electron chi connectivity index (χ4n) is 1.00. The summed E-state index contributed by atoms with van der Waals surface area (Å²) in [4.78, 5) is 24.9. The first kappa shape index (κ1) is 11.8. The van der Waals surface area contributed by atoms with Gasteiger partial charge in [-0.1, -0.05) is 12.8 Å². The van der Waals surface area contributed by atoms with Crippen LogP contribution in [0.15, 0.2) is 4.99 Å². The Morgan fingerprint density at radius 3 is 2.62 bits per heavy atom. The van der Waals surface area contributed by atoms with Crippen molar-refractivity contribution in [2.45, 2.75) is 25.7 Å². The topological polar surface area (TPSA) is 49.7 Å². The Balaban J connectivity index is 3.07. The largest absolute Gasteiger partial charge is 0.348 e. The van der Waals surface area contributed by atoms with Gasteiger partial charge in [0.15, 0.2) is 0 Å². The average molecular weight is 184 g/mol. The summed E-state index contributed by atoms with van der Waals surface area (Å²) in [6.07, 6.45) is 6.41. The lowest BCUT2D eigenvalue weighted by Gasteiger charge is -2.08. The lowest BCUT2D eigenvalue weighted by Crippen LogP contribution is -2.16. The fraction of sp³-hybridized carbons (Fsp3) is 0.778. The molecule has 0 rings (SSSR count). The molecule has 0 aliphatic heterocycles. The van der Waals surface area contributed by atoms with E-state index in [2.05, 4.69) is 4.99 Å². The summed E-state index contributed by atoms with van der Waals surface area (Å²) in [7, 11) is 1.77. The van der Waals surface area contributed by atoms with Crippen LogP contribution in [0.4, 0.5) is 0 Å². The third-order valence-corrected chi connectivity index (χ3v) is 1.78. The number of hydrogen-bond acceptors (Lipinski definition) is 3. The van der Waals surface area contributed by atoms with Crippen LogP contribution in [0.1, 0.15) is 25.7 Å². The van der Waals surface area contributed by atoms with Crippen molar-refractivity contribution in [1.82, 2.24) is 4.90 Å². The van der Waals surface area contributed by atoms with Crippen molar-refractivity contribution in [3.8, 4) is 0 Å². The zero-order valence-corrected chi connectivity index (χ0v) is 8.03. The van der Waals surface area contributed by atoms with Crippen molar-refractivity contribution in [2.75, 3.05) is 20.1 Å². The van der Waals surface area contributed by atoms with Crippen LogP contribution in [0.3, 0.4) is 0 Å². The normalized spacial score (nSPS) is 9.00. The average Bonchev–Trinajstić information content (AvgIpc) is 2.16. The first-order valence-corrected chi connectivity index (χ1v) is 4.50. The van der Waals surface area contributed by atoms with Gasteiger partial charge >= 0.3 is 0 Å². The number of carbonyl (C=O) groups is 1. The molecular weight excluding hydrogens is 168 g/mol. The Bertz CT molecular complexity index is 176. The summed E-state index contributed by atoms with van der Waals surface area (Å²) in [5.74, 6) is 0. The monoisotopic (exact) mass is 184 g/mol. The molecule has 0 fully saturated rings. The summed E-state index contributed by atoms with van der Waals surface area (Å²) in [5, 5.41) is 0. The Labute approximate surface area is 78.6 Å². The van der Waals surface area contributed by atoms with Gasteiger partial charge in [-0.15, -0.1) is 0 Å². The van der Waals surface area contributed by atoms with Crippen LogP contribution in [-0.4, -0.2) is 37.5 Å². The van der Waals surface area contributed by atoms with Crippen molar-refractivity contribution in [3.05, 3.63) is 0 Å². The van der Waals surface area contributed by atoms with E-state index in [1.807, 2.05) is 0 Å². The van der Waals surface area contributed by atoms with E-state index >= 15 is 0 Å². The van der Waals surface area contributed by atoms with Crippen LogP contribution in [0, 0.1) is 0 Å². The van der Waals surface area contributed by atoms with Gasteiger partial charge in [0, 0.05) is 13.6 Å². The molecular formula is C9H16N2O2. The summed E-state index contributed by atoms with van der Waals surface area (Å²) in [5.41, 5.74) is 0. The predicted molar refractivity (Wildman–Crippen MR) is 50.2 cm³/mol. The molecule has 0 unspecified atom stereocenters. The molecule has 0 aliphatic rings. The molecule has 74 valence electrons. The molecule has 0 saturated heterocycles. The molecule has 0 aromatic carbocycles. The second-order valence-corrected chi connectivity index (χ2v) is 2.97. The highest BCUT2D eigenvalue weighted by atomic mass is 16.1. The lowest BCUT2D eigenvalue weighted by molar-refractivity contribution is -0.117. The van der Waals surface area contributed by atoms with E-state index in [0.29, 0.717) is 6.54 Å². The molecule has 4 nitrogen and oxygen atoms in total. The van der Waals surface area contributed by atoms with Gasteiger partial charge in [0.1, 0.15) is 0 Å². The van der Waals surface area contributed by atoms with Crippen LogP contribution in [-0.2, 0) is 9.59 Å². The van der Waals surface area contributed by atoms with Crippen molar-refractivity contribution in [3.63, 3.8) is 0 Å². The van der Waals surface area contributed by atoms with E-state index in [4.69, 9.17) is 0 Å². The number of unbranched alkanes of at least 4 members (excludes halogenated alkanes) is 3. The van der Waals surface area contributed by atoms with Gasteiger partial charge in [0.05, 0.1) is 6.54 Å². The van der Waals surface area contributed by atoms with Crippen molar-refractivity contribution in [1.29, 1.82) is 0 Å². The molecule has 0 N–H and O–H groups in total. The number of nitrogens with zero attached hydrogens (tertiary/aromatic N) is 2. The molecule has 0 atom stereocenters. The Morgan fingerprint density at radius 1 is 1.31 bits per heavy atom. The first-order chi connectivity index (χ1) is 6.31. The minimum atomic E-state index is 0.576. The maximum atomic E-state index is 10.2. The van der Waals surface area contributed by atoms with Gasteiger partial charge in [0.25, 0.3) is 0 Å². The number of carbonyl (C=O) groups excluding carboxylic acids is 2. The van der Waals surface area contributed by atoms with E-state index < -0.39 is 0 Å². The van der Waals surface area contributed by atoms with Crippen molar-refractivity contribution >= 4 is 12.5 Å². The first-order valence-electron chi connectivity index (χ1n) is 4.50. The standard InChI is InChI=1S/C9H16N2O2/c1-11(9-13)7-5-3-2-4-6-10-8-12/h9H,2-7H2,1H3. The Morgan fingerprint density at radius 2 is 2.00 bits per heavy atom. The molecule has 0 heterocycles. The van der Waals surface area contributed by atoms with Gasteiger partial charge in [0.2, 0.25) is 12.5 Å². The highest BCUT2D eigenvalue weighted by Crippen LogP contribution is 2.00. The smallest absolute Gasteiger partial charge is 0.234 e. The van der Waals surface area contributed by atoms with E-state index in [9.17, 15) is 9.59 Å². The van der Waals surface area contributed by atoms with E-state index in [-0.39, 0.29) is 0 Å². The van der Waals surface area contributed by atoms with Crippen molar-refractivity contribution in [2.24, 2.45) is 4.99 Å². The molecule has 0 aromatic rings. The van der Waals surface area contributed by atoms with Crippen LogP contribution in [0.2, 0.25) is 0 Å². The minimum absolute atomic E-state index is 0.576. The minimum Gasteiger partial charge on any atom is -0.348 e. The van der Waals surface area contributed by atoms with Gasteiger partial charge < -0.3 is 4.90 Å². The highest BCUT2D eigenvalue weighted by Gasteiger charge is 1.93. The fourth-order valence-corrected chi connectivity index (χ4v) is 1.00. The number of rotatable bonds is 8. The number of isocyanates is 1. The maximum absolute atomic E-state index is 10.2. The van der Waals surface area contributed by atoms with Crippen LogP contribution >= 0.6 is 0 Å². The second kappa shape index (κ2) is 8.94. The van der Waals surface area contributed by atoms with E-state index in [1.165, 1.54) is 6.08 Å². The molecule has 0 saturated carbocycles. The van der Waals surface area contributed by atoms with Crippen LogP contribution in [0.25, 0.3) is 0 Å². The van der Waals surface area contributed by atoms with Gasteiger partial charge in [-0.25, -0.2) is 9.79 Å². The lowest BCUT2D eigenvalue weighted by atomic mass is 10.2. The molecule has 1 amide bonds. The zero-order chi connectivity index (χ0) is 9.94. The number of hydrogen-bond donors (Lipinski definition) is 0. The van der Waals surface area contributed by atoms with Crippen LogP contribution in [0.5, 0.6) is 0 Å². The zero-order valence-electron chi connectivity index (χ0n) is 8.03. The Kier molecular flexibility index (Phi) is 8.15. The number of aliphatic imine (C=N–C) groups is 1. The van der Waals surface area contributed by atoms with Gasteiger partial charge in [-0.05, 0) is 12.8 Å². The summed E-state index contributed by atoms with van der Waals surface area (Å²) in [6, 6.07) is 0. The molecule has 0 spiro atoms.